The van der Waals surface area contributed by atoms with Gasteiger partial charge in [0.05, 0.1) is 16.9 Å². The Morgan fingerprint density at radius 1 is 1.20 bits per heavy atom. The molecule has 2 bridgehead atoms. The highest BCUT2D eigenvalue weighted by Crippen LogP contribution is 2.42. The number of alkyl halides is 3. The van der Waals surface area contributed by atoms with Crippen LogP contribution in [0.2, 0.25) is 0 Å². The summed E-state index contributed by atoms with van der Waals surface area (Å²) in [5.74, 6) is -1.47. The maximum atomic E-state index is 13.9. The number of hydroxylamine groups is 1. The van der Waals surface area contributed by atoms with Crippen LogP contribution in [-0.4, -0.2) is 18.9 Å². The van der Waals surface area contributed by atoms with Gasteiger partial charge in [-0.2, -0.15) is 13.2 Å². The molecule has 1 unspecified atom stereocenters. The number of fused-ring (bicyclic) bond motifs is 3. The number of allylic oxidation sites excluding steroid dienone is 1. The first kappa shape index (κ1) is 18.6. The lowest BCUT2D eigenvalue weighted by molar-refractivity contribution is -0.137. The molecule has 0 amide bonds. The highest BCUT2D eigenvalue weighted by Gasteiger charge is 2.50. The zero-order valence-corrected chi connectivity index (χ0v) is 15.5. The van der Waals surface area contributed by atoms with E-state index in [1.807, 2.05) is 0 Å². The van der Waals surface area contributed by atoms with Crippen molar-refractivity contribution in [2.45, 2.75) is 19.1 Å². The van der Waals surface area contributed by atoms with Crippen molar-refractivity contribution in [1.82, 2.24) is 5.48 Å². The third-order valence-corrected chi connectivity index (χ3v) is 4.87. The van der Waals surface area contributed by atoms with Crippen LogP contribution in [-0.2, 0) is 11.0 Å². The predicted octanol–water partition coefficient (Wildman–Crippen LogP) is 3.99. The van der Waals surface area contributed by atoms with Crippen LogP contribution in [0, 0.1) is 5.82 Å². The Morgan fingerprint density at radius 3 is 2.83 bits per heavy atom. The third kappa shape index (κ3) is 2.89. The highest BCUT2D eigenvalue weighted by atomic mass is 19.4. The minimum absolute atomic E-state index is 0.144. The van der Waals surface area contributed by atoms with E-state index < -0.39 is 23.5 Å². The molecule has 0 radical (unpaired) electrons. The van der Waals surface area contributed by atoms with Crippen LogP contribution in [0.15, 0.2) is 52.8 Å². The minimum Gasteiger partial charge on any atom is -0.471 e. The third-order valence-electron chi connectivity index (χ3n) is 4.87. The van der Waals surface area contributed by atoms with Crippen molar-refractivity contribution in [3.8, 4) is 5.75 Å². The van der Waals surface area contributed by atoms with E-state index in [0.717, 1.165) is 23.4 Å². The molecule has 3 N–H and O–H groups in total. The molecule has 1 fully saturated rings. The van der Waals surface area contributed by atoms with Crippen molar-refractivity contribution in [1.29, 1.82) is 0 Å². The fourth-order valence-electron chi connectivity index (χ4n) is 3.49. The summed E-state index contributed by atoms with van der Waals surface area (Å²) in [5.41, 5.74) is 3.61. The molecule has 0 aromatic heterocycles. The number of nitrogens with zero attached hydrogens (tertiary/aromatic N) is 2. The predicted molar refractivity (Wildman–Crippen MR) is 101 cm³/mol. The van der Waals surface area contributed by atoms with Gasteiger partial charge in [-0.05, 0) is 43.3 Å². The molecule has 5 rings (SSSR count). The molecule has 1 atom stereocenters. The summed E-state index contributed by atoms with van der Waals surface area (Å²) in [6, 6.07) is 7.50. The lowest BCUT2D eigenvalue weighted by Crippen LogP contribution is -2.51. The fourth-order valence-corrected chi connectivity index (χ4v) is 3.49. The number of hydrogen-bond donors (Lipinski definition) is 3. The van der Waals surface area contributed by atoms with Crippen LogP contribution in [0.1, 0.15) is 12.5 Å². The molecule has 156 valence electrons. The molecule has 3 aliphatic rings. The first-order valence-electron chi connectivity index (χ1n) is 8.92. The van der Waals surface area contributed by atoms with Gasteiger partial charge in [-0.3, -0.25) is 4.90 Å². The Kier molecular flexibility index (Phi) is 3.87. The van der Waals surface area contributed by atoms with E-state index in [2.05, 4.69) is 21.1 Å². The Bertz CT molecular complexity index is 1100. The van der Waals surface area contributed by atoms with Crippen molar-refractivity contribution in [3.63, 3.8) is 0 Å². The van der Waals surface area contributed by atoms with E-state index in [9.17, 15) is 17.6 Å². The number of hydrogen-bond acceptors (Lipinski definition) is 7. The van der Waals surface area contributed by atoms with Gasteiger partial charge in [0.1, 0.15) is 17.4 Å². The number of rotatable bonds is 3. The van der Waals surface area contributed by atoms with Crippen molar-refractivity contribution in [2.24, 2.45) is 4.99 Å². The monoisotopic (exact) mass is 421 g/mol. The van der Waals surface area contributed by atoms with Crippen LogP contribution < -0.4 is 25.8 Å². The summed E-state index contributed by atoms with van der Waals surface area (Å²) in [4.78, 5) is 11.6. The summed E-state index contributed by atoms with van der Waals surface area (Å²) in [5, 5.41) is 5.87. The summed E-state index contributed by atoms with van der Waals surface area (Å²) in [6.45, 7) is 2.14. The van der Waals surface area contributed by atoms with Gasteiger partial charge in [0, 0.05) is 17.5 Å². The molecule has 1 saturated heterocycles. The maximum Gasteiger partial charge on any atom is 0.416 e. The zero-order chi connectivity index (χ0) is 21.1. The summed E-state index contributed by atoms with van der Waals surface area (Å²) >= 11 is 0. The lowest BCUT2D eigenvalue weighted by Gasteiger charge is -2.36. The topological polar surface area (TPSA) is 70.2 Å². The number of nitrogens with one attached hydrogen (secondary N) is 3. The van der Waals surface area contributed by atoms with Gasteiger partial charge in [-0.15, -0.1) is 0 Å². The van der Waals surface area contributed by atoms with Gasteiger partial charge >= 0.3 is 12.1 Å². The molecular formula is C19H15F4N5O2. The van der Waals surface area contributed by atoms with Crippen molar-refractivity contribution < 1.29 is 27.1 Å². The quantitative estimate of drug-likeness (QED) is 0.652. The highest BCUT2D eigenvalue weighted by molar-refractivity contribution is 5.85. The van der Waals surface area contributed by atoms with E-state index >= 15 is 0 Å². The molecule has 3 aliphatic heterocycles. The standard InChI is InChI=1S/C19H15F4N5O2/c1-10-8-25-19(26-13-5-11(18(21,22)23)4-12(20)6-13)28(17(10)27-30-19)14-2-3-16-15(7-14)24-9-29-16/h2-8,24,26-27H,9H2,1H3. The van der Waals surface area contributed by atoms with Gasteiger partial charge in [-0.1, -0.05) is 0 Å². The Labute approximate surface area is 167 Å². The van der Waals surface area contributed by atoms with Gasteiger partial charge in [0.25, 0.3) is 0 Å². The van der Waals surface area contributed by atoms with E-state index in [1.165, 1.54) is 6.21 Å². The fraction of sp³-hybridized carbons (Fsp3) is 0.211. The molecule has 2 aromatic rings. The number of benzene rings is 2. The molecule has 0 saturated carbocycles. The van der Waals surface area contributed by atoms with Crippen molar-refractivity contribution in [3.05, 3.63) is 59.2 Å². The molecule has 30 heavy (non-hydrogen) atoms. The molecule has 0 spiro atoms. The number of ether oxygens (including phenoxy) is 1. The molecule has 7 nitrogen and oxygen atoms in total. The van der Waals surface area contributed by atoms with E-state index in [-0.39, 0.29) is 5.69 Å². The summed E-state index contributed by atoms with van der Waals surface area (Å²) in [6.07, 6.45) is -3.18. The van der Waals surface area contributed by atoms with Crippen LogP contribution in [0.5, 0.6) is 5.75 Å². The van der Waals surface area contributed by atoms with Crippen LogP contribution in [0.3, 0.4) is 0 Å². The maximum absolute atomic E-state index is 13.9. The van der Waals surface area contributed by atoms with Crippen LogP contribution >= 0.6 is 0 Å². The second kappa shape index (κ2) is 6.26. The zero-order valence-electron chi connectivity index (χ0n) is 15.5. The number of aliphatic imine (C=N–C) groups is 1. The normalized spacial score (nSPS) is 21.8. The van der Waals surface area contributed by atoms with Gasteiger partial charge in [-0.25, -0.2) is 19.7 Å². The summed E-state index contributed by atoms with van der Waals surface area (Å²) in [7, 11) is 0. The average molecular weight is 421 g/mol. The number of anilines is 3. The molecule has 11 heteroatoms. The minimum atomic E-state index is -4.70. The Hall–Kier alpha value is -3.47. The average Bonchev–Trinajstić information content (AvgIpc) is 3.25. The van der Waals surface area contributed by atoms with Crippen LogP contribution in [0.25, 0.3) is 0 Å². The molecule has 0 aliphatic carbocycles. The molecular weight excluding hydrogens is 406 g/mol. The van der Waals surface area contributed by atoms with E-state index in [1.54, 1.807) is 30.0 Å². The van der Waals surface area contributed by atoms with Crippen molar-refractivity contribution >= 4 is 23.3 Å². The Balaban J connectivity index is 1.57. The number of halogens is 4. The molecule has 2 aromatic carbocycles. The largest absolute Gasteiger partial charge is 0.471 e. The Morgan fingerprint density at radius 2 is 2.03 bits per heavy atom. The SMILES string of the molecule is CC1=C2NOC(Nc3cc(F)cc(C(F)(F)F)c3)(N=C1)N2c1ccc2c(c1)NCO2. The van der Waals surface area contributed by atoms with Crippen LogP contribution in [0.4, 0.5) is 34.6 Å². The first-order chi connectivity index (χ1) is 14.2. The summed E-state index contributed by atoms with van der Waals surface area (Å²) < 4.78 is 58.7. The smallest absolute Gasteiger partial charge is 0.416 e. The van der Waals surface area contributed by atoms with E-state index in [0.29, 0.717) is 30.1 Å². The lowest BCUT2D eigenvalue weighted by atomic mass is 10.1. The van der Waals surface area contributed by atoms with Gasteiger partial charge in [0.15, 0.2) is 6.73 Å². The second-order valence-electron chi connectivity index (χ2n) is 6.93. The second-order valence-corrected chi connectivity index (χ2v) is 6.93. The van der Waals surface area contributed by atoms with Crippen molar-refractivity contribution in [2.75, 3.05) is 22.3 Å². The van der Waals surface area contributed by atoms with E-state index in [4.69, 9.17) is 9.57 Å². The first-order valence-corrected chi connectivity index (χ1v) is 8.92. The van der Waals surface area contributed by atoms with Gasteiger partial charge < -0.3 is 15.4 Å². The van der Waals surface area contributed by atoms with Gasteiger partial charge in [0.2, 0.25) is 0 Å². The molecule has 3 heterocycles.